The normalized spacial score (nSPS) is 11.4. The summed E-state index contributed by atoms with van der Waals surface area (Å²) in [6.45, 7) is 9.88. The van der Waals surface area contributed by atoms with Gasteiger partial charge in [-0.3, -0.25) is 0 Å². The van der Waals surface area contributed by atoms with E-state index in [2.05, 4.69) is 18.8 Å². The van der Waals surface area contributed by atoms with Crippen molar-refractivity contribution in [1.82, 2.24) is 4.90 Å². The molecular weight excluding hydrogens is 266 g/mol. The molecule has 0 aliphatic rings. The molecule has 72 valence electrons. The summed E-state index contributed by atoms with van der Waals surface area (Å²) in [6, 6.07) is 0. The zero-order chi connectivity index (χ0) is 9.78. The Kier molecular flexibility index (Phi) is 5.20. The van der Waals surface area contributed by atoms with Crippen LogP contribution in [0.1, 0.15) is 27.7 Å². The van der Waals surface area contributed by atoms with E-state index in [0.29, 0.717) is 5.91 Å². The number of hydrogen-bond acceptors (Lipinski definition) is 1. The average molecular weight is 285 g/mol. The third kappa shape index (κ3) is 2.95. The van der Waals surface area contributed by atoms with Gasteiger partial charge in [0.25, 0.3) is 0 Å². The summed E-state index contributed by atoms with van der Waals surface area (Å²) in [6.07, 6.45) is 0. The van der Waals surface area contributed by atoms with E-state index >= 15 is 0 Å². The second kappa shape index (κ2) is 5.09. The van der Waals surface area contributed by atoms with Crippen LogP contribution in [0.15, 0.2) is 0 Å². The van der Waals surface area contributed by atoms with Gasteiger partial charge < -0.3 is 0 Å². The molecule has 0 aromatic carbocycles. The topological polar surface area (TPSA) is 20.3 Å². The van der Waals surface area contributed by atoms with Crippen molar-refractivity contribution in [2.24, 2.45) is 0 Å². The van der Waals surface area contributed by atoms with Gasteiger partial charge in [0.05, 0.1) is 0 Å². The molecule has 2 nitrogen and oxygen atoms in total. The molecule has 0 heterocycles. The molecule has 0 atom stereocenters. The number of carbonyl (C=O) groups excluding carboxylic acids is 1. The Hall–Kier alpha value is 0.260. The zero-order valence-electron chi connectivity index (χ0n) is 8.68. The van der Waals surface area contributed by atoms with Crippen molar-refractivity contribution in [3.63, 3.8) is 0 Å². The summed E-state index contributed by atoms with van der Waals surface area (Å²) in [5.74, 6) is 0.331. The Labute approximate surface area is 85.8 Å². The SMILES string of the molecule is CCN(CC)C(=O)C(C)(C)[Te]C. The monoisotopic (exact) mass is 287 g/mol. The molecular formula is C9H19NOTe. The fourth-order valence-corrected chi connectivity index (χ4v) is 1.85. The number of amides is 1. The van der Waals surface area contributed by atoms with Crippen LogP contribution in [0.3, 0.4) is 0 Å². The number of carbonyl (C=O) groups is 1. The molecule has 1 amide bonds. The minimum absolute atomic E-state index is 0.0585. The van der Waals surface area contributed by atoms with E-state index in [4.69, 9.17) is 0 Å². The van der Waals surface area contributed by atoms with Gasteiger partial charge in [-0.2, -0.15) is 0 Å². The molecule has 3 heteroatoms. The first-order valence-electron chi connectivity index (χ1n) is 4.34. The predicted octanol–water partition coefficient (Wildman–Crippen LogP) is 1.81. The first kappa shape index (κ1) is 12.3. The van der Waals surface area contributed by atoms with Gasteiger partial charge in [0.1, 0.15) is 0 Å². The molecule has 0 aliphatic carbocycles. The number of rotatable bonds is 4. The molecule has 0 aliphatic heterocycles. The molecule has 0 fully saturated rings. The summed E-state index contributed by atoms with van der Waals surface area (Å²) in [5.41, 5.74) is 0. The van der Waals surface area contributed by atoms with Gasteiger partial charge >= 0.3 is 85.7 Å². The molecule has 0 unspecified atom stereocenters. The van der Waals surface area contributed by atoms with Gasteiger partial charge in [0.2, 0.25) is 0 Å². The van der Waals surface area contributed by atoms with E-state index in [1.165, 1.54) is 0 Å². The fraction of sp³-hybridized carbons (Fsp3) is 0.889. The van der Waals surface area contributed by atoms with Gasteiger partial charge in [-0.05, 0) is 0 Å². The van der Waals surface area contributed by atoms with Crippen LogP contribution in [-0.4, -0.2) is 44.8 Å². The van der Waals surface area contributed by atoms with Gasteiger partial charge in [0, 0.05) is 0 Å². The van der Waals surface area contributed by atoms with Crippen molar-refractivity contribution < 1.29 is 4.79 Å². The maximum atomic E-state index is 11.8. The van der Waals surface area contributed by atoms with Crippen LogP contribution >= 0.6 is 0 Å². The van der Waals surface area contributed by atoms with Crippen molar-refractivity contribution in [3.05, 3.63) is 0 Å². The van der Waals surface area contributed by atoms with Crippen molar-refractivity contribution in [3.8, 4) is 0 Å². The van der Waals surface area contributed by atoms with Gasteiger partial charge in [-0.25, -0.2) is 0 Å². The van der Waals surface area contributed by atoms with E-state index in [1.807, 2.05) is 18.7 Å². The third-order valence-corrected chi connectivity index (χ3v) is 5.49. The van der Waals surface area contributed by atoms with Crippen LogP contribution in [0.4, 0.5) is 0 Å². The van der Waals surface area contributed by atoms with Gasteiger partial charge in [0.15, 0.2) is 0 Å². The molecule has 0 aromatic heterocycles. The van der Waals surface area contributed by atoms with Crippen LogP contribution in [0.25, 0.3) is 0 Å². The maximum absolute atomic E-state index is 11.8. The Bertz CT molecular complexity index is 153. The number of hydrogen-bond donors (Lipinski definition) is 0. The van der Waals surface area contributed by atoms with E-state index in [1.54, 1.807) is 0 Å². The van der Waals surface area contributed by atoms with Crippen LogP contribution in [-0.2, 0) is 4.79 Å². The molecule has 0 spiro atoms. The molecule has 12 heavy (non-hydrogen) atoms. The predicted molar refractivity (Wildman–Crippen MR) is 53.6 cm³/mol. The minimum atomic E-state index is -0.184. The van der Waals surface area contributed by atoms with Crippen molar-refractivity contribution >= 4 is 26.8 Å². The van der Waals surface area contributed by atoms with E-state index < -0.39 is 0 Å². The quantitative estimate of drug-likeness (QED) is 0.721. The third-order valence-electron chi connectivity index (χ3n) is 2.08. The second-order valence-corrected chi connectivity index (χ2v) is 7.27. The molecule has 0 saturated heterocycles. The Morgan fingerprint density at radius 3 is 2.00 bits per heavy atom. The molecule has 0 bridgehead atoms. The van der Waals surface area contributed by atoms with Crippen LogP contribution in [0.5, 0.6) is 0 Å². The van der Waals surface area contributed by atoms with E-state index in [9.17, 15) is 4.79 Å². The van der Waals surface area contributed by atoms with E-state index in [0.717, 1.165) is 13.1 Å². The van der Waals surface area contributed by atoms with Crippen LogP contribution in [0, 0.1) is 0 Å². The van der Waals surface area contributed by atoms with Crippen molar-refractivity contribution in [1.29, 1.82) is 0 Å². The first-order valence-corrected chi connectivity index (χ1v) is 7.83. The first-order chi connectivity index (χ1) is 5.49. The average Bonchev–Trinajstić information content (AvgIpc) is 2.06. The molecule has 0 N–H and O–H groups in total. The Morgan fingerprint density at radius 2 is 1.75 bits per heavy atom. The fourth-order valence-electron chi connectivity index (χ4n) is 0.979. The van der Waals surface area contributed by atoms with E-state index in [-0.39, 0.29) is 24.4 Å². The van der Waals surface area contributed by atoms with Gasteiger partial charge in [-0.15, -0.1) is 0 Å². The van der Waals surface area contributed by atoms with Crippen LogP contribution < -0.4 is 0 Å². The standard InChI is InChI=1S/C9H19NOTe/c1-6-10(7-2)8(11)9(3,4)12-5/h6-7H2,1-5H3. The zero-order valence-corrected chi connectivity index (χ0v) is 11.0. The summed E-state index contributed by atoms with van der Waals surface area (Å²) >= 11 is -0.184. The summed E-state index contributed by atoms with van der Waals surface area (Å²) in [5, 5.41) is 0. The summed E-state index contributed by atoms with van der Waals surface area (Å²) < 4.78 is -0.0585. The second-order valence-electron chi connectivity index (χ2n) is 3.19. The molecule has 0 aromatic rings. The Morgan fingerprint density at radius 1 is 1.33 bits per heavy atom. The summed E-state index contributed by atoms with van der Waals surface area (Å²) in [7, 11) is 0. The molecule has 0 saturated carbocycles. The van der Waals surface area contributed by atoms with Crippen molar-refractivity contribution in [2.75, 3.05) is 13.1 Å². The molecule has 0 rings (SSSR count). The summed E-state index contributed by atoms with van der Waals surface area (Å²) in [4.78, 5) is 15.9. The number of nitrogens with zero attached hydrogens (tertiary/aromatic N) is 1. The van der Waals surface area contributed by atoms with Crippen LogP contribution in [0.2, 0.25) is 8.43 Å². The van der Waals surface area contributed by atoms with Gasteiger partial charge in [-0.1, -0.05) is 0 Å². The Balaban J connectivity index is 4.35. The molecule has 0 radical (unpaired) electrons. The van der Waals surface area contributed by atoms with Crippen molar-refractivity contribution in [2.45, 2.75) is 36.1 Å².